The van der Waals surface area contributed by atoms with E-state index >= 15 is 0 Å². The molecule has 2 rings (SSSR count). The normalized spacial score (nSPS) is 11.9. The van der Waals surface area contributed by atoms with Crippen molar-refractivity contribution < 1.29 is 4.39 Å². The molecule has 102 valence electrons. The van der Waals surface area contributed by atoms with Gasteiger partial charge in [-0.15, -0.1) is 0 Å². The summed E-state index contributed by atoms with van der Waals surface area (Å²) in [6.45, 7) is 2.44. The summed E-state index contributed by atoms with van der Waals surface area (Å²) < 4.78 is 13.2. The van der Waals surface area contributed by atoms with E-state index in [2.05, 4.69) is 11.4 Å². The highest BCUT2D eigenvalue weighted by molar-refractivity contribution is 6.30. The third kappa shape index (κ3) is 3.57. The predicted octanol–water partition coefficient (Wildman–Crippen LogP) is 4.20. The highest BCUT2D eigenvalue weighted by Crippen LogP contribution is 2.17. The highest BCUT2D eigenvalue weighted by Gasteiger charge is 2.08. The zero-order valence-electron chi connectivity index (χ0n) is 11.0. The summed E-state index contributed by atoms with van der Waals surface area (Å²) in [5, 5.41) is 13.0. The van der Waals surface area contributed by atoms with Crippen LogP contribution in [0.1, 0.15) is 29.7 Å². The van der Waals surface area contributed by atoms with Crippen molar-refractivity contribution >= 4 is 11.6 Å². The summed E-state index contributed by atoms with van der Waals surface area (Å²) in [7, 11) is 0. The van der Waals surface area contributed by atoms with Gasteiger partial charge in [0.15, 0.2) is 0 Å². The molecule has 2 aromatic carbocycles. The maximum absolute atomic E-state index is 13.2. The zero-order chi connectivity index (χ0) is 14.5. The van der Waals surface area contributed by atoms with Crippen LogP contribution < -0.4 is 5.32 Å². The van der Waals surface area contributed by atoms with E-state index in [0.29, 0.717) is 22.7 Å². The van der Waals surface area contributed by atoms with Crippen molar-refractivity contribution in [2.75, 3.05) is 0 Å². The Morgan fingerprint density at radius 2 is 1.95 bits per heavy atom. The van der Waals surface area contributed by atoms with Crippen LogP contribution in [0.3, 0.4) is 0 Å². The minimum Gasteiger partial charge on any atom is -0.306 e. The van der Waals surface area contributed by atoms with E-state index < -0.39 is 0 Å². The molecule has 0 heterocycles. The molecule has 0 aliphatic rings. The molecular formula is C16H14ClFN2. The van der Waals surface area contributed by atoms with Crippen LogP contribution in [0, 0.1) is 17.1 Å². The van der Waals surface area contributed by atoms with Gasteiger partial charge in [0, 0.05) is 17.6 Å². The van der Waals surface area contributed by atoms with Crippen LogP contribution in [0.15, 0.2) is 42.5 Å². The monoisotopic (exact) mass is 288 g/mol. The second-order valence-electron chi connectivity index (χ2n) is 4.57. The Morgan fingerprint density at radius 1 is 1.25 bits per heavy atom. The van der Waals surface area contributed by atoms with Gasteiger partial charge in [-0.2, -0.15) is 5.26 Å². The third-order valence-electron chi connectivity index (χ3n) is 3.16. The molecule has 20 heavy (non-hydrogen) atoms. The molecule has 0 fully saturated rings. The minimum absolute atomic E-state index is 0.0853. The molecule has 0 saturated heterocycles. The lowest BCUT2D eigenvalue weighted by Crippen LogP contribution is -2.18. The lowest BCUT2D eigenvalue weighted by Gasteiger charge is -2.15. The van der Waals surface area contributed by atoms with Crippen LogP contribution in [0.4, 0.5) is 4.39 Å². The summed E-state index contributed by atoms with van der Waals surface area (Å²) in [5.41, 5.74) is 2.24. The fraction of sp³-hybridized carbons (Fsp3) is 0.188. The number of nitrogens with one attached hydrogen (secondary N) is 1. The first-order chi connectivity index (χ1) is 9.60. The van der Waals surface area contributed by atoms with E-state index in [0.717, 1.165) is 5.56 Å². The average molecular weight is 289 g/mol. The van der Waals surface area contributed by atoms with Gasteiger partial charge in [-0.25, -0.2) is 4.39 Å². The van der Waals surface area contributed by atoms with E-state index in [1.54, 1.807) is 0 Å². The summed E-state index contributed by atoms with van der Waals surface area (Å²) >= 11 is 5.85. The van der Waals surface area contributed by atoms with Crippen molar-refractivity contribution in [2.24, 2.45) is 0 Å². The molecule has 1 atom stereocenters. The number of hydrogen-bond donors (Lipinski definition) is 1. The molecule has 0 aromatic heterocycles. The van der Waals surface area contributed by atoms with Crippen molar-refractivity contribution in [2.45, 2.75) is 19.5 Å². The first-order valence-electron chi connectivity index (χ1n) is 6.27. The van der Waals surface area contributed by atoms with Crippen molar-refractivity contribution in [1.29, 1.82) is 5.26 Å². The van der Waals surface area contributed by atoms with Gasteiger partial charge in [0.25, 0.3) is 0 Å². The van der Waals surface area contributed by atoms with Gasteiger partial charge < -0.3 is 5.32 Å². The summed E-state index contributed by atoms with van der Waals surface area (Å²) in [4.78, 5) is 0. The third-order valence-corrected chi connectivity index (χ3v) is 3.41. The smallest absolute Gasteiger partial charge is 0.123 e. The van der Waals surface area contributed by atoms with Crippen LogP contribution in [0.25, 0.3) is 0 Å². The number of nitrogens with zero attached hydrogens (tertiary/aromatic N) is 1. The average Bonchev–Trinajstić information content (AvgIpc) is 2.45. The Hall–Kier alpha value is -1.89. The summed E-state index contributed by atoms with van der Waals surface area (Å²) in [6, 6.07) is 13.9. The quantitative estimate of drug-likeness (QED) is 0.915. The van der Waals surface area contributed by atoms with Crippen molar-refractivity contribution in [3.63, 3.8) is 0 Å². The molecule has 0 unspecified atom stereocenters. The summed E-state index contributed by atoms with van der Waals surface area (Å²) in [5.74, 6) is -0.333. The Balaban J connectivity index is 2.07. The Bertz CT molecular complexity index is 632. The number of halogens is 2. The van der Waals surface area contributed by atoms with Crippen LogP contribution in [0.5, 0.6) is 0 Å². The number of rotatable bonds is 4. The van der Waals surface area contributed by atoms with Gasteiger partial charge >= 0.3 is 0 Å². The van der Waals surface area contributed by atoms with Gasteiger partial charge in [0.05, 0.1) is 11.6 Å². The second kappa shape index (κ2) is 6.51. The van der Waals surface area contributed by atoms with Crippen LogP contribution in [0.2, 0.25) is 5.02 Å². The molecule has 4 heteroatoms. The molecule has 0 amide bonds. The number of hydrogen-bond acceptors (Lipinski definition) is 2. The lowest BCUT2D eigenvalue weighted by molar-refractivity contribution is 0.568. The predicted molar refractivity (Wildman–Crippen MR) is 77.8 cm³/mol. The Morgan fingerprint density at radius 3 is 2.60 bits per heavy atom. The standard InChI is InChI=1S/C16H14ClFN2/c1-11(12-2-5-15(17)6-3-12)20-10-14-8-16(18)7-4-13(14)9-19/h2-8,11,20H,10H2,1H3/t11-/m0/s1. The maximum Gasteiger partial charge on any atom is 0.123 e. The molecule has 2 nitrogen and oxygen atoms in total. The van der Waals surface area contributed by atoms with E-state index in [1.165, 1.54) is 18.2 Å². The molecule has 1 N–H and O–H groups in total. The van der Waals surface area contributed by atoms with Gasteiger partial charge in [-0.1, -0.05) is 23.7 Å². The molecule has 0 saturated carbocycles. The van der Waals surface area contributed by atoms with Gasteiger partial charge in [-0.3, -0.25) is 0 Å². The van der Waals surface area contributed by atoms with E-state index in [4.69, 9.17) is 16.9 Å². The van der Waals surface area contributed by atoms with Gasteiger partial charge in [0.1, 0.15) is 5.82 Å². The molecular weight excluding hydrogens is 275 g/mol. The van der Waals surface area contributed by atoms with E-state index in [-0.39, 0.29) is 11.9 Å². The topological polar surface area (TPSA) is 35.8 Å². The molecule has 0 spiro atoms. The fourth-order valence-corrected chi connectivity index (χ4v) is 2.08. The van der Waals surface area contributed by atoms with Gasteiger partial charge in [-0.05, 0) is 48.4 Å². The Labute approximate surface area is 122 Å². The molecule has 0 aliphatic carbocycles. The van der Waals surface area contributed by atoms with E-state index in [1.807, 2.05) is 31.2 Å². The van der Waals surface area contributed by atoms with Crippen molar-refractivity contribution in [3.05, 3.63) is 70.0 Å². The Kier molecular flexibility index (Phi) is 4.73. The number of benzene rings is 2. The van der Waals surface area contributed by atoms with Crippen LogP contribution in [-0.4, -0.2) is 0 Å². The highest BCUT2D eigenvalue weighted by atomic mass is 35.5. The first-order valence-corrected chi connectivity index (χ1v) is 6.65. The van der Waals surface area contributed by atoms with Crippen molar-refractivity contribution in [1.82, 2.24) is 5.32 Å². The van der Waals surface area contributed by atoms with Crippen LogP contribution in [-0.2, 0) is 6.54 Å². The van der Waals surface area contributed by atoms with Gasteiger partial charge in [0.2, 0.25) is 0 Å². The second-order valence-corrected chi connectivity index (χ2v) is 5.00. The molecule has 0 bridgehead atoms. The maximum atomic E-state index is 13.2. The fourth-order valence-electron chi connectivity index (χ4n) is 1.95. The van der Waals surface area contributed by atoms with Crippen LogP contribution >= 0.6 is 11.6 Å². The molecule has 0 aliphatic heterocycles. The first kappa shape index (κ1) is 14.5. The largest absolute Gasteiger partial charge is 0.306 e. The number of nitriles is 1. The molecule has 2 aromatic rings. The molecule has 0 radical (unpaired) electrons. The summed E-state index contributed by atoms with van der Waals surface area (Å²) in [6.07, 6.45) is 0. The van der Waals surface area contributed by atoms with Crippen molar-refractivity contribution in [3.8, 4) is 6.07 Å². The minimum atomic E-state index is -0.333. The zero-order valence-corrected chi connectivity index (χ0v) is 11.8. The SMILES string of the molecule is C[C@H](NCc1cc(F)ccc1C#N)c1ccc(Cl)cc1. The lowest BCUT2D eigenvalue weighted by atomic mass is 10.1. The van der Waals surface area contributed by atoms with E-state index in [9.17, 15) is 4.39 Å².